The van der Waals surface area contributed by atoms with Crippen LogP contribution in [0.25, 0.3) is 0 Å². The number of hydrogen-bond donors (Lipinski definition) is 2. The highest BCUT2D eigenvalue weighted by Gasteiger charge is 2.29. The molecule has 1 aliphatic rings. The second kappa shape index (κ2) is 7.88. The summed E-state index contributed by atoms with van der Waals surface area (Å²) in [5, 5.41) is 20.2. The van der Waals surface area contributed by atoms with Crippen molar-refractivity contribution in [1.82, 2.24) is 10.2 Å². The molecule has 1 heterocycles. The number of aliphatic carboxylic acids is 1. The van der Waals surface area contributed by atoms with Crippen LogP contribution in [-0.4, -0.2) is 27.2 Å². The molecule has 2 N–H and O–H groups in total. The first-order chi connectivity index (χ1) is 12.1. The molecule has 2 unspecified atom stereocenters. The van der Waals surface area contributed by atoms with Crippen LogP contribution in [0.2, 0.25) is 0 Å². The summed E-state index contributed by atoms with van der Waals surface area (Å²) in [6, 6.07) is 13.0. The van der Waals surface area contributed by atoms with Gasteiger partial charge >= 0.3 is 5.97 Å². The summed E-state index contributed by atoms with van der Waals surface area (Å²) < 4.78 is 0. The Bertz CT molecular complexity index is 731. The van der Waals surface area contributed by atoms with E-state index in [-0.39, 0.29) is 18.2 Å². The number of carbonyl (C=O) groups excluding carboxylic acids is 1. The largest absolute Gasteiger partial charge is 0.481 e. The third kappa shape index (κ3) is 4.86. The number of aromatic nitrogens is 2. The lowest BCUT2D eigenvalue weighted by Crippen LogP contribution is -2.15. The van der Waals surface area contributed by atoms with E-state index >= 15 is 0 Å². The molecule has 2 aromatic rings. The van der Waals surface area contributed by atoms with E-state index in [1.165, 1.54) is 0 Å². The van der Waals surface area contributed by atoms with Crippen LogP contribution in [0.4, 0.5) is 5.69 Å². The van der Waals surface area contributed by atoms with E-state index in [1.807, 2.05) is 42.5 Å². The predicted molar refractivity (Wildman–Crippen MR) is 93.0 cm³/mol. The summed E-state index contributed by atoms with van der Waals surface area (Å²) in [5.41, 5.74) is 2.22. The third-order valence-corrected chi connectivity index (χ3v) is 4.56. The average molecular weight is 339 g/mol. The molecule has 1 amide bonds. The molecular weight excluding hydrogens is 318 g/mol. The number of nitrogens with one attached hydrogen (secondary N) is 1. The van der Waals surface area contributed by atoms with Crippen molar-refractivity contribution < 1.29 is 14.7 Å². The number of anilines is 1. The predicted octanol–water partition coefficient (Wildman–Crippen LogP) is 2.70. The summed E-state index contributed by atoms with van der Waals surface area (Å²) in [7, 11) is 0. The number of hydrogen-bond acceptors (Lipinski definition) is 4. The van der Waals surface area contributed by atoms with Gasteiger partial charge in [-0.1, -0.05) is 18.2 Å². The van der Waals surface area contributed by atoms with Gasteiger partial charge in [0.1, 0.15) is 0 Å². The fourth-order valence-corrected chi connectivity index (χ4v) is 3.26. The number of rotatable bonds is 6. The topological polar surface area (TPSA) is 92.2 Å². The van der Waals surface area contributed by atoms with Gasteiger partial charge in [-0.15, -0.1) is 0 Å². The van der Waals surface area contributed by atoms with Gasteiger partial charge in [0.15, 0.2) is 0 Å². The Labute approximate surface area is 146 Å². The maximum Gasteiger partial charge on any atom is 0.306 e. The SMILES string of the molecule is O=C(Cc1ccc(CC2CCC(C(=O)O)C2)nn1)Nc1ccccc1. The number of para-hydroxylation sites is 1. The maximum absolute atomic E-state index is 12.0. The highest BCUT2D eigenvalue weighted by molar-refractivity contribution is 5.91. The zero-order chi connectivity index (χ0) is 17.6. The summed E-state index contributed by atoms with van der Waals surface area (Å²) in [5.74, 6) is -0.705. The van der Waals surface area contributed by atoms with Crippen molar-refractivity contribution in [3.05, 3.63) is 53.9 Å². The van der Waals surface area contributed by atoms with Gasteiger partial charge in [-0.3, -0.25) is 9.59 Å². The van der Waals surface area contributed by atoms with Crippen LogP contribution < -0.4 is 5.32 Å². The van der Waals surface area contributed by atoms with Gasteiger partial charge in [0, 0.05) is 5.69 Å². The van der Waals surface area contributed by atoms with Gasteiger partial charge in [0.25, 0.3) is 0 Å². The molecular formula is C19H21N3O3. The van der Waals surface area contributed by atoms with Gasteiger partial charge in [0.2, 0.25) is 5.91 Å². The van der Waals surface area contributed by atoms with E-state index in [9.17, 15) is 9.59 Å². The van der Waals surface area contributed by atoms with Gasteiger partial charge in [-0.05, 0) is 55.9 Å². The normalized spacial score (nSPS) is 19.5. The van der Waals surface area contributed by atoms with Crippen LogP contribution in [0.3, 0.4) is 0 Å². The van der Waals surface area contributed by atoms with E-state index in [2.05, 4.69) is 15.5 Å². The number of carbonyl (C=O) groups is 2. The van der Waals surface area contributed by atoms with Crippen LogP contribution >= 0.6 is 0 Å². The van der Waals surface area contributed by atoms with Crippen LogP contribution in [0, 0.1) is 11.8 Å². The minimum absolute atomic E-state index is 0.131. The van der Waals surface area contributed by atoms with E-state index in [4.69, 9.17) is 5.11 Å². The Balaban J connectivity index is 1.50. The summed E-state index contributed by atoms with van der Waals surface area (Å²) in [4.78, 5) is 23.0. The first-order valence-electron chi connectivity index (χ1n) is 8.49. The smallest absolute Gasteiger partial charge is 0.306 e. The van der Waals surface area contributed by atoms with E-state index in [0.29, 0.717) is 18.0 Å². The Kier molecular flexibility index (Phi) is 5.38. The van der Waals surface area contributed by atoms with Crippen molar-refractivity contribution in [3.63, 3.8) is 0 Å². The van der Waals surface area contributed by atoms with Crippen LogP contribution in [0.5, 0.6) is 0 Å². The van der Waals surface area contributed by atoms with Crippen LogP contribution in [0.1, 0.15) is 30.7 Å². The van der Waals surface area contributed by atoms with Gasteiger partial charge in [0.05, 0.1) is 23.7 Å². The zero-order valence-electron chi connectivity index (χ0n) is 13.9. The first kappa shape index (κ1) is 17.1. The highest BCUT2D eigenvalue weighted by atomic mass is 16.4. The van der Waals surface area contributed by atoms with Crippen molar-refractivity contribution in [2.24, 2.45) is 11.8 Å². The van der Waals surface area contributed by atoms with Crippen LogP contribution in [-0.2, 0) is 22.4 Å². The maximum atomic E-state index is 12.0. The monoisotopic (exact) mass is 339 g/mol. The fourth-order valence-electron chi connectivity index (χ4n) is 3.26. The molecule has 0 saturated heterocycles. The minimum Gasteiger partial charge on any atom is -0.481 e. The van der Waals surface area contributed by atoms with Crippen molar-refractivity contribution in [2.45, 2.75) is 32.1 Å². The fraction of sp³-hybridized carbons (Fsp3) is 0.368. The van der Waals surface area contributed by atoms with Gasteiger partial charge in [-0.25, -0.2) is 0 Å². The molecule has 1 aromatic heterocycles. The lowest BCUT2D eigenvalue weighted by molar-refractivity contribution is -0.141. The second-order valence-corrected chi connectivity index (χ2v) is 6.53. The highest BCUT2D eigenvalue weighted by Crippen LogP contribution is 2.32. The number of carboxylic acids is 1. The average Bonchev–Trinajstić information content (AvgIpc) is 3.06. The molecule has 6 heteroatoms. The molecule has 0 spiro atoms. The van der Waals surface area contributed by atoms with Crippen molar-refractivity contribution in [1.29, 1.82) is 0 Å². The number of benzene rings is 1. The van der Waals surface area contributed by atoms with E-state index in [1.54, 1.807) is 0 Å². The zero-order valence-corrected chi connectivity index (χ0v) is 13.9. The number of carboxylic acid groups (broad SMARTS) is 1. The molecule has 1 aliphatic carbocycles. The Morgan fingerprint density at radius 1 is 1.04 bits per heavy atom. The Hall–Kier alpha value is -2.76. The van der Waals surface area contributed by atoms with E-state index < -0.39 is 5.97 Å². The standard InChI is InChI=1S/C19H21N3O3/c23-18(20-15-4-2-1-3-5-15)12-17-9-8-16(21-22-17)11-13-6-7-14(10-13)19(24)25/h1-5,8-9,13-14H,6-7,10-12H2,(H,20,23)(H,24,25). The van der Waals surface area contributed by atoms with Crippen molar-refractivity contribution in [2.75, 3.05) is 5.32 Å². The van der Waals surface area contributed by atoms with E-state index in [0.717, 1.165) is 30.6 Å². The molecule has 0 radical (unpaired) electrons. The van der Waals surface area contributed by atoms with Gasteiger partial charge < -0.3 is 10.4 Å². The van der Waals surface area contributed by atoms with Crippen molar-refractivity contribution in [3.8, 4) is 0 Å². The molecule has 1 saturated carbocycles. The number of amides is 1. The summed E-state index contributed by atoms with van der Waals surface area (Å²) in [6.45, 7) is 0. The molecule has 25 heavy (non-hydrogen) atoms. The van der Waals surface area contributed by atoms with Gasteiger partial charge in [-0.2, -0.15) is 10.2 Å². The molecule has 1 fully saturated rings. The lowest BCUT2D eigenvalue weighted by Gasteiger charge is -2.09. The second-order valence-electron chi connectivity index (χ2n) is 6.53. The molecule has 6 nitrogen and oxygen atoms in total. The molecule has 1 aromatic carbocycles. The lowest BCUT2D eigenvalue weighted by atomic mass is 9.99. The Morgan fingerprint density at radius 3 is 2.40 bits per heavy atom. The molecule has 2 atom stereocenters. The summed E-state index contributed by atoms with van der Waals surface area (Å²) >= 11 is 0. The Morgan fingerprint density at radius 2 is 1.76 bits per heavy atom. The molecule has 3 rings (SSSR count). The number of nitrogens with zero attached hydrogens (tertiary/aromatic N) is 2. The first-order valence-corrected chi connectivity index (χ1v) is 8.49. The third-order valence-electron chi connectivity index (χ3n) is 4.56. The molecule has 0 aliphatic heterocycles. The van der Waals surface area contributed by atoms with Crippen LogP contribution in [0.15, 0.2) is 42.5 Å². The van der Waals surface area contributed by atoms with Crippen molar-refractivity contribution >= 4 is 17.6 Å². The quantitative estimate of drug-likeness (QED) is 0.844. The minimum atomic E-state index is -0.701. The molecule has 0 bridgehead atoms. The molecule has 130 valence electrons. The summed E-state index contributed by atoms with van der Waals surface area (Å²) in [6.07, 6.45) is 3.28.